The minimum atomic E-state index is -0.769. The molecule has 0 fully saturated rings. The molecule has 0 saturated carbocycles. The Morgan fingerprint density at radius 1 is 1.21 bits per heavy atom. The molecule has 0 amide bonds. The molecule has 0 bridgehead atoms. The van der Waals surface area contributed by atoms with Crippen molar-refractivity contribution in [1.29, 1.82) is 0 Å². The zero-order valence-corrected chi connectivity index (χ0v) is 11.3. The summed E-state index contributed by atoms with van der Waals surface area (Å²) >= 11 is 11.8. The zero-order valence-electron chi connectivity index (χ0n) is 9.78. The third kappa shape index (κ3) is 3.03. The van der Waals surface area contributed by atoms with E-state index in [1.807, 2.05) is 0 Å². The van der Waals surface area contributed by atoms with Crippen molar-refractivity contribution in [2.45, 2.75) is 0 Å². The normalized spacial score (nSPS) is 10.3. The first kappa shape index (κ1) is 13.8. The number of halogens is 3. The Kier molecular flexibility index (Phi) is 4.02. The van der Waals surface area contributed by atoms with E-state index < -0.39 is 11.8 Å². The lowest BCUT2D eigenvalue weighted by Crippen LogP contribution is -2.05. The van der Waals surface area contributed by atoms with E-state index in [1.165, 1.54) is 13.2 Å². The first-order chi connectivity index (χ1) is 9.01. The van der Waals surface area contributed by atoms with Gasteiger partial charge in [0.2, 0.25) is 0 Å². The number of carbonyl (C=O) groups excluding carboxylic acids is 1. The highest BCUT2D eigenvalue weighted by molar-refractivity contribution is 6.35. The molecule has 98 valence electrons. The van der Waals surface area contributed by atoms with E-state index in [1.54, 1.807) is 18.2 Å². The van der Waals surface area contributed by atoms with E-state index in [-0.39, 0.29) is 5.56 Å². The van der Waals surface area contributed by atoms with Crippen LogP contribution in [0.15, 0.2) is 30.5 Å². The fourth-order valence-electron chi connectivity index (χ4n) is 1.56. The maximum Gasteiger partial charge on any atom is 0.340 e. The van der Waals surface area contributed by atoms with Crippen LogP contribution in [0.25, 0.3) is 11.3 Å². The standard InChI is InChI=1S/C13H8Cl2FNO2/c1-19-13(18)10-5-12(17-6-11(10)16)7-2-8(14)4-9(15)3-7/h2-6H,1H3. The van der Waals surface area contributed by atoms with E-state index in [0.29, 0.717) is 21.3 Å². The maximum absolute atomic E-state index is 13.5. The number of nitrogens with zero attached hydrogens (tertiary/aromatic N) is 1. The topological polar surface area (TPSA) is 39.2 Å². The molecular weight excluding hydrogens is 292 g/mol. The lowest BCUT2D eigenvalue weighted by Gasteiger charge is -2.06. The Balaban J connectivity index is 2.54. The number of hydrogen-bond acceptors (Lipinski definition) is 3. The summed E-state index contributed by atoms with van der Waals surface area (Å²) in [7, 11) is 1.18. The molecule has 3 nitrogen and oxygen atoms in total. The molecule has 0 atom stereocenters. The van der Waals surface area contributed by atoms with Crippen LogP contribution in [-0.2, 0) is 4.74 Å². The summed E-state index contributed by atoms with van der Waals surface area (Å²) in [5, 5.41) is 0.849. The van der Waals surface area contributed by atoms with Crippen LogP contribution in [0, 0.1) is 5.82 Å². The van der Waals surface area contributed by atoms with Crippen molar-refractivity contribution in [2.75, 3.05) is 7.11 Å². The summed E-state index contributed by atoms with van der Waals surface area (Å²) in [6.07, 6.45) is 0.955. The summed E-state index contributed by atoms with van der Waals surface area (Å²) in [4.78, 5) is 15.3. The van der Waals surface area contributed by atoms with E-state index in [2.05, 4.69) is 9.72 Å². The molecule has 0 aliphatic heterocycles. The molecule has 2 rings (SSSR count). The van der Waals surface area contributed by atoms with Gasteiger partial charge in [0.15, 0.2) is 5.82 Å². The Morgan fingerprint density at radius 2 is 1.84 bits per heavy atom. The van der Waals surface area contributed by atoms with Gasteiger partial charge in [0, 0.05) is 15.6 Å². The predicted octanol–water partition coefficient (Wildman–Crippen LogP) is 3.98. The van der Waals surface area contributed by atoms with E-state index in [4.69, 9.17) is 23.2 Å². The fourth-order valence-corrected chi connectivity index (χ4v) is 2.09. The van der Waals surface area contributed by atoms with E-state index >= 15 is 0 Å². The Morgan fingerprint density at radius 3 is 2.42 bits per heavy atom. The van der Waals surface area contributed by atoms with Crippen molar-refractivity contribution in [3.8, 4) is 11.3 Å². The number of pyridine rings is 1. The summed E-state index contributed by atoms with van der Waals surface area (Å²) in [5.74, 6) is -1.52. The SMILES string of the molecule is COC(=O)c1cc(-c2cc(Cl)cc(Cl)c2)ncc1F. The first-order valence-corrected chi connectivity index (χ1v) is 5.97. The molecule has 19 heavy (non-hydrogen) atoms. The van der Waals surface area contributed by atoms with Gasteiger partial charge < -0.3 is 4.74 Å². The van der Waals surface area contributed by atoms with E-state index in [0.717, 1.165) is 6.20 Å². The number of methoxy groups -OCH3 is 1. The number of ether oxygens (including phenoxy) is 1. The quantitative estimate of drug-likeness (QED) is 0.787. The molecule has 0 aliphatic rings. The molecule has 0 aliphatic carbocycles. The lowest BCUT2D eigenvalue weighted by atomic mass is 10.1. The highest BCUT2D eigenvalue weighted by Gasteiger charge is 2.14. The van der Waals surface area contributed by atoms with Gasteiger partial charge in [-0.25, -0.2) is 9.18 Å². The second kappa shape index (κ2) is 5.55. The van der Waals surface area contributed by atoms with Crippen molar-refractivity contribution < 1.29 is 13.9 Å². The van der Waals surface area contributed by atoms with Crippen molar-refractivity contribution in [3.05, 3.63) is 51.9 Å². The molecule has 0 saturated heterocycles. The van der Waals surface area contributed by atoms with Crippen LogP contribution in [0.1, 0.15) is 10.4 Å². The van der Waals surface area contributed by atoms with Crippen molar-refractivity contribution in [1.82, 2.24) is 4.98 Å². The van der Waals surface area contributed by atoms with Crippen LogP contribution in [0.5, 0.6) is 0 Å². The van der Waals surface area contributed by atoms with Gasteiger partial charge in [-0.1, -0.05) is 23.2 Å². The van der Waals surface area contributed by atoms with Crippen LogP contribution in [0.3, 0.4) is 0 Å². The van der Waals surface area contributed by atoms with Gasteiger partial charge in [0.1, 0.15) is 0 Å². The average Bonchev–Trinajstić information content (AvgIpc) is 2.37. The lowest BCUT2D eigenvalue weighted by molar-refractivity contribution is 0.0595. The third-order valence-electron chi connectivity index (χ3n) is 2.42. The first-order valence-electron chi connectivity index (χ1n) is 5.21. The zero-order chi connectivity index (χ0) is 14.0. The Hall–Kier alpha value is -1.65. The molecule has 1 aromatic heterocycles. The van der Waals surface area contributed by atoms with Crippen LogP contribution in [0.4, 0.5) is 4.39 Å². The van der Waals surface area contributed by atoms with Gasteiger partial charge in [-0.15, -0.1) is 0 Å². The highest BCUT2D eigenvalue weighted by Crippen LogP contribution is 2.27. The van der Waals surface area contributed by atoms with Gasteiger partial charge >= 0.3 is 5.97 Å². The second-order valence-electron chi connectivity index (χ2n) is 3.70. The fraction of sp³-hybridized carbons (Fsp3) is 0.0769. The average molecular weight is 300 g/mol. The summed E-state index contributed by atoms with van der Waals surface area (Å²) in [5.41, 5.74) is 0.775. The van der Waals surface area contributed by atoms with Crippen LogP contribution in [0.2, 0.25) is 10.0 Å². The number of carbonyl (C=O) groups is 1. The van der Waals surface area contributed by atoms with Crippen LogP contribution in [-0.4, -0.2) is 18.1 Å². The molecule has 6 heteroatoms. The van der Waals surface area contributed by atoms with Crippen LogP contribution >= 0.6 is 23.2 Å². The number of hydrogen-bond donors (Lipinski definition) is 0. The number of benzene rings is 1. The van der Waals surface area contributed by atoms with Crippen molar-refractivity contribution in [2.24, 2.45) is 0 Å². The van der Waals surface area contributed by atoms with Gasteiger partial charge in [0.05, 0.1) is 24.6 Å². The molecule has 2 aromatic rings. The van der Waals surface area contributed by atoms with E-state index in [9.17, 15) is 9.18 Å². The van der Waals surface area contributed by atoms with Gasteiger partial charge in [-0.3, -0.25) is 4.98 Å². The van der Waals surface area contributed by atoms with Crippen LogP contribution < -0.4 is 0 Å². The molecular formula is C13H8Cl2FNO2. The second-order valence-corrected chi connectivity index (χ2v) is 4.57. The molecule has 0 N–H and O–H groups in total. The van der Waals surface area contributed by atoms with Crippen molar-refractivity contribution >= 4 is 29.2 Å². The molecule has 0 spiro atoms. The molecule has 1 heterocycles. The molecule has 0 unspecified atom stereocenters. The number of aromatic nitrogens is 1. The maximum atomic E-state index is 13.5. The number of esters is 1. The minimum Gasteiger partial charge on any atom is -0.465 e. The smallest absolute Gasteiger partial charge is 0.340 e. The van der Waals surface area contributed by atoms with Gasteiger partial charge in [-0.2, -0.15) is 0 Å². The van der Waals surface area contributed by atoms with Gasteiger partial charge in [0.25, 0.3) is 0 Å². The molecule has 0 radical (unpaired) electrons. The number of rotatable bonds is 2. The van der Waals surface area contributed by atoms with Crippen molar-refractivity contribution in [3.63, 3.8) is 0 Å². The summed E-state index contributed by atoms with van der Waals surface area (Å²) < 4.78 is 18.0. The highest BCUT2D eigenvalue weighted by atomic mass is 35.5. The minimum absolute atomic E-state index is 0.191. The predicted molar refractivity (Wildman–Crippen MR) is 71.0 cm³/mol. The van der Waals surface area contributed by atoms with Gasteiger partial charge in [-0.05, 0) is 24.3 Å². The Bertz CT molecular complexity index is 626. The third-order valence-corrected chi connectivity index (χ3v) is 2.86. The largest absolute Gasteiger partial charge is 0.465 e. The Labute approximate surface area is 118 Å². The summed E-state index contributed by atoms with van der Waals surface area (Å²) in [6, 6.07) is 6.10. The monoisotopic (exact) mass is 299 g/mol. The summed E-state index contributed by atoms with van der Waals surface area (Å²) in [6.45, 7) is 0. The molecule has 1 aromatic carbocycles.